The molecule has 0 unspecified atom stereocenters. The normalized spacial score (nSPS) is 25.7. The highest BCUT2D eigenvalue weighted by molar-refractivity contribution is 5.75. The van der Waals surface area contributed by atoms with E-state index in [1.165, 1.54) is 6.07 Å². The van der Waals surface area contributed by atoms with Crippen molar-refractivity contribution < 1.29 is 18.3 Å². The van der Waals surface area contributed by atoms with Crippen LogP contribution in [0.25, 0.3) is 0 Å². The number of hydrogen-bond donors (Lipinski definition) is 2. The highest BCUT2D eigenvalue weighted by Gasteiger charge is 2.41. The summed E-state index contributed by atoms with van der Waals surface area (Å²) in [5.74, 6) is -1.37. The van der Waals surface area contributed by atoms with Crippen molar-refractivity contribution in [3.05, 3.63) is 35.4 Å². The van der Waals surface area contributed by atoms with Gasteiger partial charge >= 0.3 is 6.03 Å². The van der Waals surface area contributed by atoms with Gasteiger partial charge in [-0.15, -0.1) is 0 Å². The van der Waals surface area contributed by atoms with E-state index < -0.39 is 11.6 Å². The van der Waals surface area contributed by atoms with Crippen LogP contribution in [-0.2, 0) is 4.74 Å². The third-order valence-corrected chi connectivity index (χ3v) is 4.82. The molecule has 0 bridgehead atoms. The van der Waals surface area contributed by atoms with Gasteiger partial charge in [0.05, 0.1) is 0 Å². The van der Waals surface area contributed by atoms with Crippen LogP contribution in [0, 0.1) is 17.6 Å². The molecule has 1 aliphatic carbocycles. The number of nitrogens with one attached hydrogen (secondary N) is 2. The summed E-state index contributed by atoms with van der Waals surface area (Å²) in [5.41, 5.74) is 0.341. The Hall–Kier alpha value is -1.69. The molecule has 1 aromatic rings. The molecule has 3 atom stereocenters. The molecule has 0 aromatic heterocycles. The second kappa shape index (κ2) is 6.83. The number of amides is 2. The van der Waals surface area contributed by atoms with Gasteiger partial charge in [0.15, 0.2) is 11.6 Å². The van der Waals surface area contributed by atoms with Gasteiger partial charge in [-0.2, -0.15) is 0 Å². The topological polar surface area (TPSA) is 50.4 Å². The minimum Gasteiger partial charge on any atom is -0.381 e. The summed E-state index contributed by atoms with van der Waals surface area (Å²) < 4.78 is 32.3. The van der Waals surface area contributed by atoms with Crippen molar-refractivity contribution in [3.63, 3.8) is 0 Å². The minimum absolute atomic E-state index is 0.0713. The standard InChI is InChI=1S/C17H22F2N2O2/c1-10(11-5-7-23-8-6-11)20-17(22)21-15-9-13(15)12-3-2-4-14(18)16(12)19/h2-4,10-11,13,15H,5-9H2,1H3,(H2,20,21,22)/t10-,13+,15+/m0/s1. The molecule has 23 heavy (non-hydrogen) atoms. The quantitative estimate of drug-likeness (QED) is 0.895. The number of carbonyl (C=O) groups is 1. The van der Waals surface area contributed by atoms with E-state index in [2.05, 4.69) is 10.6 Å². The van der Waals surface area contributed by atoms with Crippen LogP contribution in [0.2, 0.25) is 0 Å². The van der Waals surface area contributed by atoms with Crippen LogP contribution in [0.5, 0.6) is 0 Å². The molecule has 1 heterocycles. The Morgan fingerprint density at radius 2 is 2.04 bits per heavy atom. The summed E-state index contributed by atoms with van der Waals surface area (Å²) in [4.78, 5) is 12.1. The monoisotopic (exact) mass is 324 g/mol. The van der Waals surface area contributed by atoms with Gasteiger partial charge in [0.25, 0.3) is 0 Å². The number of urea groups is 1. The Bertz CT molecular complexity index is 576. The number of rotatable bonds is 4. The lowest BCUT2D eigenvalue weighted by molar-refractivity contribution is 0.0571. The van der Waals surface area contributed by atoms with Crippen molar-refractivity contribution in [2.24, 2.45) is 5.92 Å². The first-order chi connectivity index (χ1) is 11.1. The van der Waals surface area contributed by atoms with E-state index in [0.717, 1.165) is 32.1 Å². The summed E-state index contributed by atoms with van der Waals surface area (Å²) in [6.07, 6.45) is 2.53. The van der Waals surface area contributed by atoms with Crippen LogP contribution in [0.4, 0.5) is 13.6 Å². The van der Waals surface area contributed by atoms with Gasteiger partial charge in [-0.05, 0) is 43.7 Å². The smallest absolute Gasteiger partial charge is 0.315 e. The third kappa shape index (κ3) is 3.80. The average Bonchev–Trinajstić information content (AvgIpc) is 3.29. The Kier molecular flexibility index (Phi) is 4.80. The van der Waals surface area contributed by atoms with Crippen LogP contribution in [0.15, 0.2) is 18.2 Å². The lowest BCUT2D eigenvalue weighted by Gasteiger charge is -2.28. The third-order valence-electron chi connectivity index (χ3n) is 4.82. The Balaban J connectivity index is 1.49. The van der Waals surface area contributed by atoms with Crippen molar-refractivity contribution in [2.75, 3.05) is 13.2 Å². The summed E-state index contributed by atoms with van der Waals surface area (Å²) in [6, 6.07) is 3.87. The van der Waals surface area contributed by atoms with E-state index in [4.69, 9.17) is 4.74 Å². The van der Waals surface area contributed by atoms with E-state index in [0.29, 0.717) is 17.9 Å². The average molecular weight is 324 g/mol. The zero-order valence-electron chi connectivity index (χ0n) is 13.1. The number of ether oxygens (including phenoxy) is 1. The number of hydrogen-bond acceptors (Lipinski definition) is 2. The molecule has 3 rings (SSSR count). The lowest BCUT2D eigenvalue weighted by atomic mass is 9.93. The molecule has 0 radical (unpaired) electrons. The van der Waals surface area contributed by atoms with Gasteiger partial charge in [-0.1, -0.05) is 12.1 Å². The fourth-order valence-corrected chi connectivity index (χ4v) is 3.26. The van der Waals surface area contributed by atoms with Crippen LogP contribution in [0.3, 0.4) is 0 Å². The van der Waals surface area contributed by atoms with Crippen LogP contribution >= 0.6 is 0 Å². The summed E-state index contributed by atoms with van der Waals surface area (Å²) in [7, 11) is 0. The first-order valence-electron chi connectivity index (χ1n) is 8.15. The fourth-order valence-electron chi connectivity index (χ4n) is 3.26. The van der Waals surface area contributed by atoms with Gasteiger partial charge in [0.1, 0.15) is 0 Å². The van der Waals surface area contributed by atoms with Crippen LogP contribution < -0.4 is 10.6 Å². The first-order valence-corrected chi connectivity index (χ1v) is 8.15. The highest BCUT2D eigenvalue weighted by Crippen LogP contribution is 2.42. The molecular formula is C17H22F2N2O2. The van der Waals surface area contributed by atoms with Crippen LogP contribution in [0.1, 0.15) is 37.7 Å². The van der Waals surface area contributed by atoms with Crippen molar-refractivity contribution in [2.45, 2.75) is 44.2 Å². The van der Waals surface area contributed by atoms with Crippen molar-refractivity contribution in [1.29, 1.82) is 0 Å². The Morgan fingerprint density at radius 3 is 2.78 bits per heavy atom. The van der Waals surface area contributed by atoms with Crippen molar-refractivity contribution in [1.82, 2.24) is 10.6 Å². The Morgan fingerprint density at radius 1 is 1.30 bits per heavy atom. The second-order valence-corrected chi connectivity index (χ2v) is 6.45. The molecule has 1 saturated carbocycles. The van der Waals surface area contributed by atoms with Gasteiger partial charge in [-0.25, -0.2) is 13.6 Å². The van der Waals surface area contributed by atoms with Crippen LogP contribution in [-0.4, -0.2) is 31.3 Å². The molecule has 1 aliphatic heterocycles. The fraction of sp³-hybridized carbons (Fsp3) is 0.588. The summed E-state index contributed by atoms with van der Waals surface area (Å²) >= 11 is 0. The number of benzene rings is 1. The van der Waals surface area contributed by atoms with Gasteiger partial charge in [-0.3, -0.25) is 0 Å². The molecule has 6 heteroatoms. The molecule has 2 amide bonds. The van der Waals surface area contributed by atoms with E-state index in [-0.39, 0.29) is 24.0 Å². The maximum absolute atomic E-state index is 13.7. The number of halogens is 2. The van der Waals surface area contributed by atoms with Gasteiger partial charge in [0, 0.05) is 31.2 Å². The van der Waals surface area contributed by atoms with E-state index in [9.17, 15) is 13.6 Å². The van der Waals surface area contributed by atoms with Crippen molar-refractivity contribution in [3.8, 4) is 0 Å². The predicted molar refractivity (Wildman–Crippen MR) is 82.2 cm³/mol. The lowest BCUT2D eigenvalue weighted by Crippen LogP contribution is -2.46. The predicted octanol–water partition coefficient (Wildman–Crippen LogP) is 2.94. The molecule has 4 nitrogen and oxygen atoms in total. The van der Waals surface area contributed by atoms with E-state index >= 15 is 0 Å². The molecule has 2 fully saturated rings. The highest BCUT2D eigenvalue weighted by atomic mass is 19.2. The van der Waals surface area contributed by atoms with E-state index in [1.54, 1.807) is 6.07 Å². The largest absolute Gasteiger partial charge is 0.381 e. The molecule has 0 spiro atoms. The van der Waals surface area contributed by atoms with Crippen molar-refractivity contribution >= 4 is 6.03 Å². The minimum atomic E-state index is -0.842. The number of carbonyl (C=O) groups excluding carboxylic acids is 1. The Labute approximate surface area is 134 Å². The SMILES string of the molecule is C[C@H](NC(=O)N[C@@H]1C[C@@H]1c1cccc(F)c1F)C1CCOCC1. The first kappa shape index (κ1) is 16.2. The summed E-state index contributed by atoms with van der Waals surface area (Å²) in [6.45, 7) is 3.47. The van der Waals surface area contributed by atoms with Gasteiger partial charge in [0.2, 0.25) is 0 Å². The maximum atomic E-state index is 13.7. The molecular weight excluding hydrogens is 302 g/mol. The zero-order chi connectivity index (χ0) is 16.4. The summed E-state index contributed by atoms with van der Waals surface area (Å²) in [5, 5.41) is 5.79. The van der Waals surface area contributed by atoms with E-state index in [1.807, 2.05) is 6.92 Å². The molecule has 2 aliphatic rings. The molecule has 1 saturated heterocycles. The molecule has 1 aromatic carbocycles. The zero-order valence-corrected chi connectivity index (χ0v) is 13.1. The van der Waals surface area contributed by atoms with Gasteiger partial charge < -0.3 is 15.4 Å². The molecule has 2 N–H and O–H groups in total. The second-order valence-electron chi connectivity index (χ2n) is 6.45. The maximum Gasteiger partial charge on any atom is 0.315 e. The molecule has 126 valence electrons.